The van der Waals surface area contributed by atoms with Crippen molar-refractivity contribution in [2.75, 3.05) is 6.61 Å². The number of aryl methyl sites for hydroxylation is 1. The Morgan fingerprint density at radius 3 is 2.76 bits per heavy atom. The highest BCUT2D eigenvalue weighted by Crippen LogP contribution is 2.29. The number of ether oxygens (including phenoxy) is 1. The van der Waals surface area contributed by atoms with Crippen molar-refractivity contribution in [2.24, 2.45) is 5.92 Å². The second-order valence-corrected chi connectivity index (χ2v) is 4.90. The Morgan fingerprint density at radius 2 is 2.12 bits per heavy atom. The quantitative estimate of drug-likeness (QED) is 0.872. The normalized spacial score (nSPS) is 24.6. The molecule has 17 heavy (non-hydrogen) atoms. The van der Waals surface area contributed by atoms with Gasteiger partial charge in [-0.3, -0.25) is 0 Å². The van der Waals surface area contributed by atoms with E-state index in [1.807, 2.05) is 19.1 Å². The third kappa shape index (κ3) is 3.43. The maximum absolute atomic E-state index is 8.91. The minimum atomic E-state index is 0.304. The first kappa shape index (κ1) is 12.4. The first-order valence-corrected chi connectivity index (χ1v) is 6.48. The van der Waals surface area contributed by atoms with Gasteiger partial charge in [0.15, 0.2) is 0 Å². The van der Waals surface area contributed by atoms with Gasteiger partial charge < -0.3 is 9.84 Å². The number of pyridine rings is 1. The van der Waals surface area contributed by atoms with E-state index in [4.69, 9.17) is 9.84 Å². The Labute approximate surface area is 103 Å². The molecule has 3 heteroatoms. The summed E-state index contributed by atoms with van der Waals surface area (Å²) in [7, 11) is 0. The van der Waals surface area contributed by atoms with Gasteiger partial charge in [-0.05, 0) is 51.0 Å². The first-order chi connectivity index (χ1) is 8.29. The molecule has 1 fully saturated rings. The van der Waals surface area contributed by atoms with E-state index in [1.165, 1.54) is 0 Å². The summed E-state index contributed by atoms with van der Waals surface area (Å²) in [5.74, 6) is 1.46. The van der Waals surface area contributed by atoms with Crippen LogP contribution in [0, 0.1) is 12.8 Å². The van der Waals surface area contributed by atoms with Crippen LogP contribution in [0.2, 0.25) is 0 Å². The standard InChI is InChI=1S/C14H21NO2/c1-11-3-2-9-15-14(11)17-13-6-4-12(5-7-13)8-10-16/h2-3,9,12-13,16H,4-8,10H2,1H3. The molecular formula is C14H21NO2. The van der Waals surface area contributed by atoms with Gasteiger partial charge in [-0.25, -0.2) is 4.98 Å². The molecule has 94 valence electrons. The molecule has 0 aliphatic heterocycles. The van der Waals surface area contributed by atoms with E-state index in [1.54, 1.807) is 6.20 Å². The summed E-state index contributed by atoms with van der Waals surface area (Å²) in [4.78, 5) is 4.27. The van der Waals surface area contributed by atoms with Gasteiger partial charge in [0.25, 0.3) is 0 Å². The molecule has 0 spiro atoms. The molecule has 0 atom stereocenters. The van der Waals surface area contributed by atoms with Crippen LogP contribution in [-0.2, 0) is 0 Å². The summed E-state index contributed by atoms with van der Waals surface area (Å²) in [6.07, 6.45) is 7.52. The Bertz CT molecular complexity index is 346. The first-order valence-electron chi connectivity index (χ1n) is 6.48. The Morgan fingerprint density at radius 1 is 1.35 bits per heavy atom. The summed E-state index contributed by atoms with van der Waals surface area (Å²) < 4.78 is 5.94. The van der Waals surface area contributed by atoms with Crippen molar-refractivity contribution >= 4 is 0 Å². The van der Waals surface area contributed by atoms with Crippen LogP contribution >= 0.6 is 0 Å². The van der Waals surface area contributed by atoms with Gasteiger partial charge >= 0.3 is 0 Å². The average molecular weight is 235 g/mol. The fourth-order valence-corrected chi connectivity index (χ4v) is 2.47. The minimum Gasteiger partial charge on any atom is -0.474 e. The lowest BCUT2D eigenvalue weighted by atomic mass is 9.85. The average Bonchev–Trinajstić information content (AvgIpc) is 2.35. The van der Waals surface area contributed by atoms with Gasteiger partial charge in [0.2, 0.25) is 5.88 Å². The van der Waals surface area contributed by atoms with Crippen molar-refractivity contribution in [3.05, 3.63) is 23.9 Å². The number of hydrogen-bond donors (Lipinski definition) is 1. The van der Waals surface area contributed by atoms with Crippen LogP contribution < -0.4 is 4.74 Å². The minimum absolute atomic E-state index is 0.304. The maximum Gasteiger partial charge on any atom is 0.216 e. The number of aromatic nitrogens is 1. The summed E-state index contributed by atoms with van der Waals surface area (Å²) in [6.45, 7) is 2.34. The summed E-state index contributed by atoms with van der Waals surface area (Å²) in [5.41, 5.74) is 1.10. The molecule has 1 N–H and O–H groups in total. The van der Waals surface area contributed by atoms with E-state index in [-0.39, 0.29) is 0 Å². The molecule has 1 saturated carbocycles. The Hall–Kier alpha value is -1.09. The van der Waals surface area contributed by atoms with Crippen molar-refractivity contribution in [3.63, 3.8) is 0 Å². The fourth-order valence-electron chi connectivity index (χ4n) is 2.47. The van der Waals surface area contributed by atoms with E-state index in [0.717, 1.165) is 43.5 Å². The molecule has 1 aromatic heterocycles. The van der Waals surface area contributed by atoms with Gasteiger partial charge in [-0.15, -0.1) is 0 Å². The highest BCUT2D eigenvalue weighted by Gasteiger charge is 2.22. The molecule has 0 bridgehead atoms. The van der Waals surface area contributed by atoms with Crippen LogP contribution in [0.15, 0.2) is 18.3 Å². The Kier molecular flexibility index (Phi) is 4.37. The van der Waals surface area contributed by atoms with Crippen LogP contribution in [-0.4, -0.2) is 22.8 Å². The van der Waals surface area contributed by atoms with Gasteiger partial charge in [-0.1, -0.05) is 6.07 Å². The summed E-state index contributed by atoms with van der Waals surface area (Å²) in [5, 5.41) is 8.91. The molecule has 2 rings (SSSR count). The maximum atomic E-state index is 8.91. The van der Waals surface area contributed by atoms with Crippen molar-refractivity contribution in [1.29, 1.82) is 0 Å². The number of aliphatic hydroxyl groups excluding tert-OH is 1. The molecule has 1 aliphatic rings. The largest absolute Gasteiger partial charge is 0.474 e. The smallest absolute Gasteiger partial charge is 0.216 e. The van der Waals surface area contributed by atoms with Gasteiger partial charge in [0, 0.05) is 18.4 Å². The van der Waals surface area contributed by atoms with Crippen molar-refractivity contribution in [2.45, 2.75) is 45.1 Å². The Balaban J connectivity index is 1.84. The third-order valence-electron chi connectivity index (χ3n) is 3.57. The van der Waals surface area contributed by atoms with Crippen molar-refractivity contribution in [1.82, 2.24) is 4.98 Å². The number of rotatable bonds is 4. The molecule has 3 nitrogen and oxygen atoms in total. The molecule has 1 heterocycles. The topological polar surface area (TPSA) is 42.4 Å². The monoisotopic (exact) mass is 235 g/mol. The van der Waals surface area contributed by atoms with Gasteiger partial charge in [0.05, 0.1) is 0 Å². The zero-order valence-corrected chi connectivity index (χ0v) is 10.4. The van der Waals surface area contributed by atoms with Crippen molar-refractivity contribution < 1.29 is 9.84 Å². The van der Waals surface area contributed by atoms with E-state index in [2.05, 4.69) is 4.98 Å². The molecule has 1 aromatic rings. The zero-order valence-electron chi connectivity index (χ0n) is 10.4. The van der Waals surface area contributed by atoms with Gasteiger partial charge in [0.1, 0.15) is 6.10 Å². The molecule has 0 amide bonds. The van der Waals surface area contributed by atoms with Crippen LogP contribution in [0.5, 0.6) is 5.88 Å². The SMILES string of the molecule is Cc1cccnc1OC1CCC(CCO)CC1. The molecule has 0 radical (unpaired) electrons. The predicted molar refractivity (Wildman–Crippen MR) is 67.1 cm³/mol. The van der Waals surface area contributed by atoms with E-state index >= 15 is 0 Å². The lowest BCUT2D eigenvalue weighted by Gasteiger charge is -2.28. The number of hydrogen-bond acceptors (Lipinski definition) is 3. The van der Waals surface area contributed by atoms with Crippen LogP contribution in [0.1, 0.15) is 37.7 Å². The van der Waals surface area contributed by atoms with Crippen LogP contribution in [0.4, 0.5) is 0 Å². The van der Waals surface area contributed by atoms with E-state index in [0.29, 0.717) is 18.6 Å². The molecule has 1 aliphatic carbocycles. The zero-order chi connectivity index (χ0) is 12.1. The third-order valence-corrected chi connectivity index (χ3v) is 3.57. The summed E-state index contributed by atoms with van der Waals surface area (Å²) >= 11 is 0. The molecular weight excluding hydrogens is 214 g/mol. The molecule has 0 aromatic carbocycles. The van der Waals surface area contributed by atoms with E-state index in [9.17, 15) is 0 Å². The molecule has 0 unspecified atom stereocenters. The van der Waals surface area contributed by atoms with Gasteiger partial charge in [-0.2, -0.15) is 0 Å². The van der Waals surface area contributed by atoms with Crippen LogP contribution in [0.25, 0.3) is 0 Å². The second-order valence-electron chi connectivity index (χ2n) is 4.90. The highest BCUT2D eigenvalue weighted by molar-refractivity contribution is 5.23. The molecule has 0 saturated heterocycles. The number of nitrogens with zero attached hydrogens (tertiary/aromatic N) is 1. The second kappa shape index (κ2) is 6.01. The van der Waals surface area contributed by atoms with Crippen LogP contribution in [0.3, 0.4) is 0 Å². The predicted octanol–water partition coefficient (Wildman–Crippen LogP) is 2.71. The lowest BCUT2D eigenvalue weighted by molar-refractivity contribution is 0.115. The van der Waals surface area contributed by atoms with E-state index < -0.39 is 0 Å². The van der Waals surface area contributed by atoms with Crippen molar-refractivity contribution in [3.8, 4) is 5.88 Å². The summed E-state index contributed by atoms with van der Waals surface area (Å²) in [6, 6.07) is 3.96. The highest BCUT2D eigenvalue weighted by atomic mass is 16.5. The lowest BCUT2D eigenvalue weighted by Crippen LogP contribution is -2.25. The fraction of sp³-hybridized carbons (Fsp3) is 0.643. The number of aliphatic hydroxyl groups is 1.